The van der Waals surface area contributed by atoms with Crippen LogP contribution in [0.1, 0.15) is 23.8 Å². The van der Waals surface area contributed by atoms with Gasteiger partial charge in [0.15, 0.2) is 5.65 Å². The normalized spacial score (nSPS) is 12.8. The lowest BCUT2D eigenvalue weighted by Gasteiger charge is -2.12. The molecule has 108 valence electrons. The van der Waals surface area contributed by atoms with Gasteiger partial charge in [-0.15, -0.1) is 11.6 Å². The second kappa shape index (κ2) is 5.28. The lowest BCUT2D eigenvalue weighted by Crippen LogP contribution is -2.06. The van der Waals surface area contributed by atoms with Gasteiger partial charge in [0.2, 0.25) is 0 Å². The Bertz CT molecular complexity index is 807. The molecule has 3 aromatic rings. The maximum absolute atomic E-state index is 14.3. The molecule has 0 saturated carbocycles. The van der Waals surface area contributed by atoms with Crippen LogP contribution in [0.25, 0.3) is 16.9 Å². The van der Waals surface area contributed by atoms with E-state index in [1.54, 1.807) is 23.6 Å². The molecule has 0 aliphatic rings. The molecule has 0 saturated heterocycles. The Labute approximate surface area is 131 Å². The maximum atomic E-state index is 14.3. The molecule has 0 spiro atoms. The van der Waals surface area contributed by atoms with Crippen LogP contribution in [-0.2, 0) is 0 Å². The predicted octanol–water partition coefficient (Wildman–Crippen LogP) is 4.82. The minimum absolute atomic E-state index is 0.224. The van der Waals surface area contributed by atoms with Gasteiger partial charge in [-0.2, -0.15) is 0 Å². The van der Waals surface area contributed by atoms with Crippen molar-refractivity contribution in [2.45, 2.75) is 19.2 Å². The molecular formula is C15H12Cl2FN3. The van der Waals surface area contributed by atoms with Crippen molar-refractivity contribution < 1.29 is 4.39 Å². The highest BCUT2D eigenvalue weighted by atomic mass is 35.5. The van der Waals surface area contributed by atoms with Crippen molar-refractivity contribution in [1.82, 2.24) is 14.5 Å². The number of benzene rings is 1. The van der Waals surface area contributed by atoms with Crippen LogP contribution in [0.3, 0.4) is 0 Å². The molecule has 2 heterocycles. The third-order valence-corrected chi connectivity index (χ3v) is 3.69. The van der Waals surface area contributed by atoms with Gasteiger partial charge in [-0.3, -0.25) is 4.57 Å². The monoisotopic (exact) mass is 323 g/mol. The first-order valence-electron chi connectivity index (χ1n) is 6.43. The summed E-state index contributed by atoms with van der Waals surface area (Å²) in [6, 6.07) is 8.23. The standard InChI is InChI=1S/C15H12Cl2FN3/c1-8-6-7-12-15(19-8)21(14(20-12)9(2)16)13-10(17)4-3-5-11(13)18/h3-7,9H,1-2H3. The summed E-state index contributed by atoms with van der Waals surface area (Å²) in [5.41, 5.74) is 2.24. The van der Waals surface area contributed by atoms with Crippen LogP contribution < -0.4 is 0 Å². The van der Waals surface area contributed by atoms with Gasteiger partial charge in [0.25, 0.3) is 0 Å². The highest BCUT2D eigenvalue weighted by molar-refractivity contribution is 6.32. The number of halogens is 3. The molecule has 3 rings (SSSR count). The molecule has 0 bridgehead atoms. The van der Waals surface area contributed by atoms with E-state index in [1.807, 2.05) is 19.1 Å². The number of imidazole rings is 1. The third kappa shape index (κ3) is 2.39. The average Bonchev–Trinajstić information content (AvgIpc) is 2.78. The molecule has 0 aliphatic carbocycles. The van der Waals surface area contributed by atoms with Gasteiger partial charge in [0.1, 0.15) is 22.8 Å². The third-order valence-electron chi connectivity index (χ3n) is 3.19. The first kappa shape index (κ1) is 14.3. The highest BCUT2D eigenvalue weighted by Crippen LogP contribution is 2.32. The van der Waals surface area contributed by atoms with E-state index in [9.17, 15) is 4.39 Å². The number of alkyl halides is 1. The van der Waals surface area contributed by atoms with E-state index in [1.165, 1.54) is 6.07 Å². The Hall–Kier alpha value is -1.65. The fourth-order valence-corrected chi connectivity index (χ4v) is 2.65. The van der Waals surface area contributed by atoms with Gasteiger partial charge in [-0.1, -0.05) is 17.7 Å². The van der Waals surface area contributed by atoms with Crippen LogP contribution in [0.5, 0.6) is 0 Å². The number of pyridine rings is 1. The molecule has 21 heavy (non-hydrogen) atoms. The molecule has 6 heteroatoms. The number of hydrogen-bond donors (Lipinski definition) is 0. The smallest absolute Gasteiger partial charge is 0.165 e. The lowest BCUT2D eigenvalue weighted by atomic mass is 10.3. The van der Waals surface area contributed by atoms with E-state index < -0.39 is 11.2 Å². The summed E-state index contributed by atoms with van der Waals surface area (Å²) >= 11 is 12.4. The lowest BCUT2D eigenvalue weighted by molar-refractivity contribution is 0.616. The van der Waals surface area contributed by atoms with Crippen LogP contribution in [-0.4, -0.2) is 14.5 Å². The van der Waals surface area contributed by atoms with Crippen molar-refractivity contribution in [3.8, 4) is 5.69 Å². The average molecular weight is 324 g/mol. The zero-order valence-corrected chi connectivity index (χ0v) is 13.0. The molecule has 0 N–H and O–H groups in total. The second-order valence-electron chi connectivity index (χ2n) is 4.79. The van der Waals surface area contributed by atoms with Gasteiger partial charge in [-0.05, 0) is 38.1 Å². The second-order valence-corrected chi connectivity index (χ2v) is 5.85. The van der Waals surface area contributed by atoms with Gasteiger partial charge in [-0.25, -0.2) is 14.4 Å². The molecule has 0 fully saturated rings. The molecule has 1 unspecified atom stereocenters. The van der Waals surface area contributed by atoms with Crippen molar-refractivity contribution in [1.29, 1.82) is 0 Å². The van der Waals surface area contributed by atoms with E-state index >= 15 is 0 Å². The van der Waals surface area contributed by atoms with Gasteiger partial charge >= 0.3 is 0 Å². The first-order chi connectivity index (χ1) is 9.99. The molecule has 0 amide bonds. The Morgan fingerprint density at radius 3 is 2.62 bits per heavy atom. The van der Waals surface area contributed by atoms with Crippen molar-refractivity contribution in [2.75, 3.05) is 0 Å². The minimum atomic E-state index is -0.441. The van der Waals surface area contributed by atoms with Crippen LogP contribution in [0, 0.1) is 12.7 Å². The van der Waals surface area contributed by atoms with Crippen LogP contribution in [0.2, 0.25) is 5.02 Å². The van der Waals surface area contributed by atoms with E-state index in [0.29, 0.717) is 17.0 Å². The van der Waals surface area contributed by atoms with E-state index in [2.05, 4.69) is 9.97 Å². The first-order valence-corrected chi connectivity index (χ1v) is 7.25. The molecule has 0 radical (unpaired) electrons. The molecular weight excluding hydrogens is 312 g/mol. The zero-order valence-electron chi connectivity index (χ0n) is 11.4. The number of fused-ring (bicyclic) bond motifs is 1. The Morgan fingerprint density at radius 2 is 1.95 bits per heavy atom. The number of nitrogens with zero attached hydrogens (tertiary/aromatic N) is 3. The maximum Gasteiger partial charge on any atom is 0.165 e. The van der Waals surface area contributed by atoms with E-state index in [-0.39, 0.29) is 10.7 Å². The minimum Gasteiger partial charge on any atom is -0.275 e. The summed E-state index contributed by atoms with van der Waals surface area (Å²) in [6.07, 6.45) is 0. The van der Waals surface area contributed by atoms with E-state index in [4.69, 9.17) is 23.2 Å². The van der Waals surface area contributed by atoms with Crippen molar-refractivity contribution in [3.05, 3.63) is 52.7 Å². The molecule has 0 aliphatic heterocycles. The summed E-state index contributed by atoms with van der Waals surface area (Å²) < 4.78 is 15.9. The van der Waals surface area contributed by atoms with Gasteiger partial charge < -0.3 is 0 Å². The quantitative estimate of drug-likeness (QED) is 0.633. The fraction of sp³-hybridized carbons (Fsp3) is 0.200. The van der Waals surface area contributed by atoms with Crippen LogP contribution in [0.4, 0.5) is 4.39 Å². The zero-order chi connectivity index (χ0) is 15.1. The molecule has 2 aromatic heterocycles. The van der Waals surface area contributed by atoms with Crippen LogP contribution >= 0.6 is 23.2 Å². The topological polar surface area (TPSA) is 30.7 Å². The number of rotatable bonds is 2. The highest BCUT2D eigenvalue weighted by Gasteiger charge is 2.21. The van der Waals surface area contributed by atoms with E-state index in [0.717, 1.165) is 5.69 Å². The van der Waals surface area contributed by atoms with Crippen molar-refractivity contribution in [2.24, 2.45) is 0 Å². The van der Waals surface area contributed by atoms with Gasteiger partial charge in [0, 0.05) is 5.69 Å². The Balaban J connectivity index is 2.44. The summed E-state index contributed by atoms with van der Waals surface area (Å²) in [7, 11) is 0. The Kier molecular flexibility index (Phi) is 3.59. The molecule has 3 nitrogen and oxygen atoms in total. The fourth-order valence-electron chi connectivity index (χ4n) is 2.26. The van der Waals surface area contributed by atoms with Crippen molar-refractivity contribution in [3.63, 3.8) is 0 Å². The van der Waals surface area contributed by atoms with Crippen molar-refractivity contribution >= 4 is 34.4 Å². The van der Waals surface area contributed by atoms with Crippen LogP contribution in [0.15, 0.2) is 30.3 Å². The number of para-hydroxylation sites is 1. The SMILES string of the molecule is Cc1ccc2nc(C(C)Cl)n(-c3c(F)cccc3Cl)c2n1. The molecule has 1 aromatic carbocycles. The van der Waals surface area contributed by atoms with Gasteiger partial charge in [0.05, 0.1) is 10.4 Å². The summed E-state index contributed by atoms with van der Waals surface area (Å²) in [5.74, 6) is 0.0699. The Morgan fingerprint density at radius 1 is 1.19 bits per heavy atom. The largest absolute Gasteiger partial charge is 0.275 e. The predicted molar refractivity (Wildman–Crippen MR) is 82.8 cm³/mol. The number of aromatic nitrogens is 3. The number of hydrogen-bond acceptors (Lipinski definition) is 2. The summed E-state index contributed by atoms with van der Waals surface area (Å²) in [6.45, 7) is 3.64. The summed E-state index contributed by atoms with van der Waals surface area (Å²) in [4.78, 5) is 8.91. The molecule has 1 atom stereocenters. The number of aryl methyl sites for hydroxylation is 1. The summed E-state index contributed by atoms with van der Waals surface area (Å²) in [5, 5.41) is -0.119.